The van der Waals surface area contributed by atoms with Crippen molar-refractivity contribution in [3.63, 3.8) is 0 Å². The quantitative estimate of drug-likeness (QED) is 0.564. The molecule has 0 aromatic heterocycles. The van der Waals surface area contributed by atoms with Gasteiger partial charge < -0.3 is 14.8 Å². The van der Waals surface area contributed by atoms with Crippen LogP contribution < -0.4 is 10.1 Å². The van der Waals surface area contributed by atoms with Crippen LogP contribution in [-0.4, -0.2) is 58.6 Å². The van der Waals surface area contributed by atoms with E-state index in [0.29, 0.717) is 18.8 Å². The summed E-state index contributed by atoms with van der Waals surface area (Å²) in [6, 6.07) is 13.5. The molecule has 0 unspecified atom stereocenters. The molecule has 0 heterocycles. The molecule has 0 saturated carbocycles. The molecule has 2 aromatic rings. The van der Waals surface area contributed by atoms with Crippen LogP contribution in [0, 0.1) is 0 Å². The predicted molar refractivity (Wildman–Crippen MR) is 116 cm³/mol. The summed E-state index contributed by atoms with van der Waals surface area (Å²) in [5.41, 5.74) is 0.971. The number of halogens is 1. The van der Waals surface area contributed by atoms with Gasteiger partial charge in [-0.05, 0) is 37.1 Å². The fourth-order valence-electron chi connectivity index (χ4n) is 2.91. The number of sulfonamides is 1. The zero-order valence-corrected chi connectivity index (χ0v) is 18.9. The number of methoxy groups -OCH3 is 2. The number of nitrogens with zero attached hydrogens (tertiary/aromatic N) is 1. The third-order valence-electron chi connectivity index (χ3n) is 4.40. The van der Waals surface area contributed by atoms with E-state index in [1.54, 1.807) is 6.92 Å². The number of rotatable bonds is 11. The lowest BCUT2D eigenvalue weighted by Crippen LogP contribution is -2.45. The van der Waals surface area contributed by atoms with Gasteiger partial charge in [-0.3, -0.25) is 4.79 Å². The minimum atomic E-state index is -3.96. The van der Waals surface area contributed by atoms with Crippen LogP contribution in [0.15, 0.2) is 53.4 Å². The first-order valence-corrected chi connectivity index (χ1v) is 11.3. The summed E-state index contributed by atoms with van der Waals surface area (Å²) in [6.45, 7) is 1.94. The van der Waals surface area contributed by atoms with Gasteiger partial charge in [0, 0.05) is 19.7 Å². The molecule has 0 fully saturated rings. The molecule has 0 aliphatic heterocycles. The normalized spacial score (nSPS) is 12.6. The second-order valence-electron chi connectivity index (χ2n) is 6.79. The number of carbonyl (C=O) groups is 1. The molecule has 0 bridgehead atoms. The molecule has 7 nitrogen and oxygen atoms in total. The minimum absolute atomic E-state index is 0.000832. The Kier molecular flexibility index (Phi) is 9.10. The summed E-state index contributed by atoms with van der Waals surface area (Å²) < 4.78 is 37.8. The third kappa shape index (κ3) is 6.70. The molecule has 1 atom stereocenters. The van der Waals surface area contributed by atoms with Crippen LogP contribution in [0.25, 0.3) is 0 Å². The van der Waals surface area contributed by atoms with Crippen molar-refractivity contribution in [2.75, 3.05) is 33.9 Å². The van der Waals surface area contributed by atoms with Gasteiger partial charge in [0.2, 0.25) is 15.9 Å². The van der Waals surface area contributed by atoms with Crippen molar-refractivity contribution in [2.24, 2.45) is 0 Å². The zero-order chi connectivity index (χ0) is 22.1. The molecule has 30 heavy (non-hydrogen) atoms. The fourth-order valence-corrected chi connectivity index (χ4v) is 4.66. The maximum atomic E-state index is 13.3. The van der Waals surface area contributed by atoms with Gasteiger partial charge in [0.1, 0.15) is 5.75 Å². The largest absolute Gasteiger partial charge is 0.495 e. The highest BCUT2D eigenvalue weighted by Crippen LogP contribution is 2.28. The zero-order valence-electron chi connectivity index (χ0n) is 17.3. The van der Waals surface area contributed by atoms with Gasteiger partial charge in [-0.1, -0.05) is 41.9 Å². The van der Waals surface area contributed by atoms with E-state index in [4.69, 9.17) is 21.1 Å². The van der Waals surface area contributed by atoms with Crippen LogP contribution in [0.5, 0.6) is 5.75 Å². The number of benzene rings is 2. The summed E-state index contributed by atoms with van der Waals surface area (Å²) >= 11 is 6.12. The van der Waals surface area contributed by atoms with Crippen molar-refractivity contribution < 1.29 is 22.7 Å². The van der Waals surface area contributed by atoms with E-state index in [-0.39, 0.29) is 29.0 Å². The maximum absolute atomic E-state index is 13.3. The van der Waals surface area contributed by atoms with Crippen LogP contribution in [-0.2, 0) is 26.0 Å². The van der Waals surface area contributed by atoms with E-state index in [0.717, 1.165) is 9.87 Å². The topological polar surface area (TPSA) is 84.9 Å². The van der Waals surface area contributed by atoms with Crippen molar-refractivity contribution in [3.05, 3.63) is 59.1 Å². The minimum Gasteiger partial charge on any atom is -0.495 e. The number of amides is 1. The van der Waals surface area contributed by atoms with Crippen LogP contribution in [0.4, 0.5) is 0 Å². The molecular weight excluding hydrogens is 428 g/mol. The molecule has 0 spiro atoms. The van der Waals surface area contributed by atoms with Crippen molar-refractivity contribution in [3.8, 4) is 5.75 Å². The second-order valence-corrected chi connectivity index (χ2v) is 9.14. The highest BCUT2D eigenvalue weighted by Gasteiger charge is 2.27. The smallest absolute Gasteiger partial charge is 0.243 e. The lowest BCUT2D eigenvalue weighted by Gasteiger charge is -2.23. The Morgan fingerprint density at radius 1 is 1.17 bits per heavy atom. The molecule has 2 rings (SSSR count). The Balaban J connectivity index is 2.26. The molecule has 1 N–H and O–H groups in total. The summed E-state index contributed by atoms with van der Waals surface area (Å²) in [5, 5.41) is 2.93. The first-order chi connectivity index (χ1) is 14.3. The van der Waals surface area contributed by atoms with Crippen LogP contribution in [0.2, 0.25) is 5.02 Å². The van der Waals surface area contributed by atoms with Gasteiger partial charge in [-0.25, -0.2) is 8.42 Å². The fraction of sp³-hybridized carbons (Fsp3) is 0.381. The van der Waals surface area contributed by atoms with E-state index in [1.807, 2.05) is 30.3 Å². The van der Waals surface area contributed by atoms with Crippen molar-refractivity contribution >= 4 is 27.5 Å². The molecule has 0 aliphatic rings. The van der Waals surface area contributed by atoms with Crippen LogP contribution in [0.3, 0.4) is 0 Å². The average molecular weight is 455 g/mol. The standard InChI is InChI=1S/C21H27ClN2O5S/c1-16(15-28-2)23-21(25)14-24(12-11-17-7-5-4-6-8-17)30(26,27)18-9-10-20(29-3)19(22)13-18/h4-10,13,16H,11-12,14-15H2,1-3H3,(H,23,25)/t16-/m0/s1. The highest BCUT2D eigenvalue weighted by molar-refractivity contribution is 7.89. The first kappa shape index (κ1) is 24.1. The van der Waals surface area contributed by atoms with Crippen molar-refractivity contribution in [1.82, 2.24) is 9.62 Å². The Morgan fingerprint density at radius 3 is 2.47 bits per heavy atom. The van der Waals surface area contributed by atoms with E-state index < -0.39 is 15.9 Å². The molecule has 0 saturated heterocycles. The van der Waals surface area contributed by atoms with E-state index >= 15 is 0 Å². The second kappa shape index (κ2) is 11.3. The Labute approximate surface area is 183 Å². The van der Waals surface area contributed by atoms with Gasteiger partial charge in [-0.2, -0.15) is 4.31 Å². The van der Waals surface area contributed by atoms with Crippen molar-refractivity contribution in [1.29, 1.82) is 0 Å². The monoisotopic (exact) mass is 454 g/mol. The lowest BCUT2D eigenvalue weighted by molar-refractivity contribution is -0.122. The Morgan fingerprint density at radius 2 is 1.87 bits per heavy atom. The van der Waals surface area contributed by atoms with Gasteiger partial charge in [0.05, 0.1) is 30.2 Å². The molecule has 1 amide bonds. The van der Waals surface area contributed by atoms with E-state index in [2.05, 4.69) is 5.32 Å². The maximum Gasteiger partial charge on any atom is 0.243 e. The predicted octanol–water partition coefficient (Wildman–Crippen LogP) is 2.73. The Bertz CT molecular complexity index is 938. The Hall–Kier alpha value is -2.13. The summed E-state index contributed by atoms with van der Waals surface area (Å²) in [6.07, 6.45) is 0.463. The molecule has 164 valence electrons. The molecule has 2 aromatic carbocycles. The van der Waals surface area contributed by atoms with Gasteiger partial charge in [0.25, 0.3) is 0 Å². The van der Waals surface area contributed by atoms with Gasteiger partial charge in [0.15, 0.2) is 0 Å². The number of carbonyl (C=O) groups excluding carboxylic acids is 1. The van der Waals surface area contributed by atoms with Crippen LogP contribution >= 0.6 is 11.6 Å². The average Bonchev–Trinajstić information content (AvgIpc) is 2.71. The van der Waals surface area contributed by atoms with Gasteiger partial charge >= 0.3 is 0 Å². The summed E-state index contributed by atoms with van der Waals surface area (Å²) in [5.74, 6) is -0.0339. The van der Waals surface area contributed by atoms with Crippen molar-refractivity contribution in [2.45, 2.75) is 24.3 Å². The molecule has 0 aliphatic carbocycles. The number of nitrogens with one attached hydrogen (secondary N) is 1. The third-order valence-corrected chi connectivity index (χ3v) is 6.53. The molecule has 0 radical (unpaired) electrons. The van der Waals surface area contributed by atoms with E-state index in [9.17, 15) is 13.2 Å². The first-order valence-electron chi connectivity index (χ1n) is 9.43. The van der Waals surface area contributed by atoms with E-state index in [1.165, 1.54) is 32.4 Å². The summed E-state index contributed by atoms with van der Waals surface area (Å²) in [7, 11) is -0.975. The number of ether oxygens (including phenoxy) is 2. The van der Waals surface area contributed by atoms with Crippen LogP contribution in [0.1, 0.15) is 12.5 Å². The summed E-state index contributed by atoms with van der Waals surface area (Å²) in [4.78, 5) is 12.5. The van der Waals surface area contributed by atoms with Gasteiger partial charge in [-0.15, -0.1) is 0 Å². The lowest BCUT2D eigenvalue weighted by atomic mass is 10.1. The number of hydrogen-bond donors (Lipinski definition) is 1. The molecular formula is C21H27ClN2O5S. The molecule has 9 heteroatoms. The number of hydrogen-bond acceptors (Lipinski definition) is 5. The highest BCUT2D eigenvalue weighted by atomic mass is 35.5. The SMILES string of the molecule is COC[C@H](C)NC(=O)CN(CCc1ccccc1)S(=O)(=O)c1ccc(OC)c(Cl)c1.